The summed E-state index contributed by atoms with van der Waals surface area (Å²) in [6, 6.07) is 0. The zero-order chi connectivity index (χ0) is 11.3. The molecule has 15 heavy (non-hydrogen) atoms. The van der Waals surface area contributed by atoms with Crippen molar-refractivity contribution in [3.05, 3.63) is 0 Å². The lowest BCUT2D eigenvalue weighted by atomic mass is 9.96. The van der Waals surface area contributed by atoms with Crippen molar-refractivity contribution in [2.24, 2.45) is 0 Å². The van der Waals surface area contributed by atoms with Gasteiger partial charge in [-0.25, -0.2) is 0 Å². The normalized spacial score (nSPS) is 23.1. The number of hydrogen-bond donors (Lipinski definition) is 1. The summed E-state index contributed by atoms with van der Waals surface area (Å²) in [6.45, 7) is 6.35. The first-order valence-corrected chi connectivity index (χ1v) is 6.01. The molecule has 0 radical (unpaired) electrons. The van der Waals surface area contributed by atoms with E-state index < -0.39 is 0 Å². The number of carbonyl (C=O) groups is 1. The number of carbonyl (C=O) groups excluding carboxylic acids is 1. The maximum Gasteiger partial charge on any atom is 0.163 e. The molecule has 0 spiro atoms. The second-order valence-corrected chi connectivity index (χ2v) is 5.05. The number of hydroxylamine groups is 1. The first-order chi connectivity index (χ1) is 7.05. The van der Waals surface area contributed by atoms with Gasteiger partial charge in [0.25, 0.3) is 0 Å². The second kappa shape index (κ2) is 5.61. The third kappa shape index (κ3) is 4.31. The average molecular weight is 213 g/mol. The van der Waals surface area contributed by atoms with Gasteiger partial charge in [0.1, 0.15) is 6.10 Å². The van der Waals surface area contributed by atoms with Crippen LogP contribution in [0.3, 0.4) is 0 Å². The van der Waals surface area contributed by atoms with Crippen LogP contribution in [-0.2, 0) is 9.63 Å². The Morgan fingerprint density at radius 2 is 2.20 bits per heavy atom. The van der Waals surface area contributed by atoms with Gasteiger partial charge >= 0.3 is 0 Å². The molecule has 0 saturated heterocycles. The first-order valence-electron chi connectivity index (χ1n) is 6.01. The fourth-order valence-electron chi connectivity index (χ4n) is 1.98. The minimum absolute atomic E-state index is 0.0352. The maximum absolute atomic E-state index is 11.5. The first kappa shape index (κ1) is 12.7. The highest BCUT2D eigenvalue weighted by molar-refractivity contribution is 5.83. The van der Waals surface area contributed by atoms with Gasteiger partial charge in [-0.3, -0.25) is 9.63 Å². The van der Waals surface area contributed by atoms with Crippen LogP contribution in [0.25, 0.3) is 0 Å². The Balaban J connectivity index is 2.31. The van der Waals surface area contributed by atoms with Crippen molar-refractivity contribution < 1.29 is 9.63 Å². The van der Waals surface area contributed by atoms with Crippen molar-refractivity contribution in [3.8, 4) is 0 Å². The Labute approximate surface area is 92.5 Å². The maximum atomic E-state index is 11.5. The van der Waals surface area contributed by atoms with Crippen molar-refractivity contribution in [3.63, 3.8) is 0 Å². The molecule has 1 fully saturated rings. The van der Waals surface area contributed by atoms with Crippen LogP contribution in [0.4, 0.5) is 0 Å². The van der Waals surface area contributed by atoms with Gasteiger partial charge in [-0.15, -0.1) is 0 Å². The van der Waals surface area contributed by atoms with Crippen molar-refractivity contribution in [2.75, 3.05) is 0 Å². The Morgan fingerprint density at radius 3 is 2.80 bits per heavy atom. The van der Waals surface area contributed by atoms with E-state index in [1.807, 2.05) is 0 Å². The molecule has 0 aliphatic heterocycles. The molecule has 3 nitrogen and oxygen atoms in total. The molecule has 0 bridgehead atoms. The highest BCUT2D eigenvalue weighted by Gasteiger charge is 2.25. The standard InChI is InChI=1S/C12H23NO2/c1-4-9-12(2,3)13-15-11-8-6-5-7-10(11)14/h11,13H,4-9H2,1-3H3. The fourth-order valence-corrected chi connectivity index (χ4v) is 1.98. The molecular weight excluding hydrogens is 190 g/mol. The van der Waals surface area contributed by atoms with Crippen molar-refractivity contribution >= 4 is 5.78 Å². The smallest absolute Gasteiger partial charge is 0.163 e. The highest BCUT2D eigenvalue weighted by atomic mass is 16.7. The summed E-state index contributed by atoms with van der Waals surface area (Å²) in [5.41, 5.74) is 3.00. The fraction of sp³-hybridized carbons (Fsp3) is 0.917. The summed E-state index contributed by atoms with van der Waals surface area (Å²) in [4.78, 5) is 17.0. The van der Waals surface area contributed by atoms with Gasteiger partial charge < -0.3 is 0 Å². The minimum atomic E-state index is -0.213. The molecule has 0 amide bonds. The van der Waals surface area contributed by atoms with Crippen LogP contribution in [0, 0.1) is 0 Å². The molecular formula is C12H23NO2. The second-order valence-electron chi connectivity index (χ2n) is 5.05. The molecule has 0 aromatic rings. The number of ketones is 1. The van der Waals surface area contributed by atoms with E-state index in [4.69, 9.17) is 4.84 Å². The number of rotatable bonds is 5. The van der Waals surface area contributed by atoms with Crippen LogP contribution in [0.5, 0.6) is 0 Å². The SMILES string of the molecule is CCCC(C)(C)NOC1CCCCC1=O. The van der Waals surface area contributed by atoms with E-state index in [2.05, 4.69) is 26.3 Å². The molecule has 0 aromatic heterocycles. The van der Waals surface area contributed by atoms with Gasteiger partial charge in [-0.2, -0.15) is 5.48 Å². The van der Waals surface area contributed by atoms with E-state index in [0.29, 0.717) is 6.42 Å². The van der Waals surface area contributed by atoms with Crippen LogP contribution < -0.4 is 5.48 Å². The molecule has 3 heteroatoms. The number of Topliss-reactive ketones (excluding diaryl/α,β-unsaturated/α-hetero) is 1. The molecule has 88 valence electrons. The third-order valence-electron chi connectivity index (χ3n) is 2.85. The largest absolute Gasteiger partial charge is 0.297 e. The molecule has 1 aliphatic rings. The summed E-state index contributed by atoms with van der Waals surface area (Å²) in [5.74, 6) is 0.251. The molecule has 1 saturated carbocycles. The lowest BCUT2D eigenvalue weighted by Crippen LogP contribution is -2.44. The topological polar surface area (TPSA) is 38.3 Å². The Morgan fingerprint density at radius 1 is 1.47 bits per heavy atom. The van der Waals surface area contributed by atoms with Crippen molar-refractivity contribution in [1.82, 2.24) is 5.48 Å². The van der Waals surface area contributed by atoms with E-state index in [0.717, 1.165) is 32.1 Å². The van der Waals surface area contributed by atoms with Crippen molar-refractivity contribution in [1.29, 1.82) is 0 Å². The van der Waals surface area contributed by atoms with E-state index in [9.17, 15) is 4.79 Å². The monoisotopic (exact) mass is 213 g/mol. The van der Waals surface area contributed by atoms with Gasteiger partial charge in [0, 0.05) is 12.0 Å². The summed E-state index contributed by atoms with van der Waals surface area (Å²) in [6.07, 6.45) is 5.63. The van der Waals surface area contributed by atoms with Gasteiger partial charge in [-0.05, 0) is 39.5 Å². The average Bonchev–Trinajstić information content (AvgIpc) is 2.16. The molecule has 1 aliphatic carbocycles. The van der Waals surface area contributed by atoms with Crippen LogP contribution in [0.2, 0.25) is 0 Å². The molecule has 1 unspecified atom stereocenters. The third-order valence-corrected chi connectivity index (χ3v) is 2.85. The Bertz CT molecular complexity index is 214. The van der Waals surface area contributed by atoms with E-state index >= 15 is 0 Å². The highest BCUT2D eigenvalue weighted by Crippen LogP contribution is 2.18. The predicted molar refractivity (Wildman–Crippen MR) is 60.5 cm³/mol. The van der Waals surface area contributed by atoms with Crippen LogP contribution >= 0.6 is 0 Å². The van der Waals surface area contributed by atoms with Gasteiger partial charge in [0.05, 0.1) is 0 Å². The van der Waals surface area contributed by atoms with E-state index in [1.165, 1.54) is 0 Å². The van der Waals surface area contributed by atoms with Crippen LogP contribution in [0.15, 0.2) is 0 Å². The Hall–Kier alpha value is -0.410. The van der Waals surface area contributed by atoms with E-state index in [-0.39, 0.29) is 17.4 Å². The van der Waals surface area contributed by atoms with Crippen LogP contribution in [0.1, 0.15) is 59.3 Å². The minimum Gasteiger partial charge on any atom is -0.297 e. The number of nitrogens with one attached hydrogen (secondary N) is 1. The quantitative estimate of drug-likeness (QED) is 0.713. The van der Waals surface area contributed by atoms with Gasteiger partial charge in [0.2, 0.25) is 0 Å². The van der Waals surface area contributed by atoms with Gasteiger partial charge in [0.15, 0.2) is 5.78 Å². The zero-order valence-corrected chi connectivity index (χ0v) is 10.1. The van der Waals surface area contributed by atoms with Gasteiger partial charge in [-0.1, -0.05) is 13.3 Å². The van der Waals surface area contributed by atoms with Crippen LogP contribution in [-0.4, -0.2) is 17.4 Å². The molecule has 1 atom stereocenters. The lowest BCUT2D eigenvalue weighted by molar-refractivity contribution is -0.144. The molecule has 0 aromatic carbocycles. The number of hydrogen-bond acceptors (Lipinski definition) is 3. The summed E-state index contributed by atoms with van der Waals surface area (Å²) in [5, 5.41) is 0. The zero-order valence-electron chi connectivity index (χ0n) is 10.1. The Kier molecular flexibility index (Phi) is 4.74. The molecule has 1 rings (SSSR count). The van der Waals surface area contributed by atoms with E-state index in [1.54, 1.807) is 0 Å². The lowest BCUT2D eigenvalue weighted by Gasteiger charge is -2.29. The summed E-state index contributed by atoms with van der Waals surface area (Å²) >= 11 is 0. The summed E-state index contributed by atoms with van der Waals surface area (Å²) in [7, 11) is 0. The molecule has 0 heterocycles. The summed E-state index contributed by atoms with van der Waals surface area (Å²) < 4.78 is 0. The predicted octanol–water partition coefficient (Wildman–Crippen LogP) is 2.60. The van der Waals surface area contributed by atoms with Crippen molar-refractivity contribution in [2.45, 2.75) is 70.9 Å². The molecule has 1 N–H and O–H groups in total.